The molecule has 0 atom stereocenters. The normalized spacial score (nSPS) is 18.4. The van der Waals surface area contributed by atoms with Gasteiger partial charge in [-0.1, -0.05) is 13.8 Å². The summed E-state index contributed by atoms with van der Waals surface area (Å²) >= 11 is 0. The number of amides is 1. The van der Waals surface area contributed by atoms with Gasteiger partial charge < -0.3 is 10.6 Å². The Balaban J connectivity index is 2.28. The van der Waals surface area contributed by atoms with Gasteiger partial charge in [-0.3, -0.25) is 9.69 Å². The van der Waals surface area contributed by atoms with Crippen LogP contribution in [0.25, 0.3) is 0 Å². The third-order valence-corrected chi connectivity index (χ3v) is 3.35. The molecule has 0 unspecified atom stereocenters. The van der Waals surface area contributed by atoms with Crippen molar-refractivity contribution in [3.8, 4) is 0 Å². The highest BCUT2D eigenvalue weighted by Crippen LogP contribution is 2.11. The molecule has 0 saturated carbocycles. The standard InChI is InChI=1S/C14H29N3O/c1-12(2)5-6-16-7-9-17(10-8-16)13(18)11-14(3,4)15/h12H,5-11,15H2,1-4H3. The zero-order chi connectivity index (χ0) is 13.8. The Labute approximate surface area is 111 Å². The van der Waals surface area contributed by atoms with Gasteiger partial charge in [-0.25, -0.2) is 0 Å². The first-order chi connectivity index (χ1) is 8.28. The van der Waals surface area contributed by atoms with E-state index >= 15 is 0 Å². The molecule has 1 fully saturated rings. The molecule has 1 saturated heterocycles. The number of hydrogen-bond donors (Lipinski definition) is 1. The number of carbonyl (C=O) groups is 1. The molecule has 0 aromatic rings. The minimum absolute atomic E-state index is 0.200. The number of rotatable bonds is 5. The maximum Gasteiger partial charge on any atom is 0.224 e. The van der Waals surface area contributed by atoms with Gasteiger partial charge in [0.05, 0.1) is 0 Å². The van der Waals surface area contributed by atoms with E-state index in [4.69, 9.17) is 5.73 Å². The molecule has 0 aromatic carbocycles. The molecule has 1 aliphatic rings. The van der Waals surface area contributed by atoms with E-state index in [2.05, 4.69) is 18.7 Å². The molecular weight excluding hydrogens is 226 g/mol. The summed E-state index contributed by atoms with van der Waals surface area (Å²) in [7, 11) is 0. The van der Waals surface area contributed by atoms with Crippen molar-refractivity contribution in [2.24, 2.45) is 11.7 Å². The Morgan fingerprint density at radius 3 is 2.22 bits per heavy atom. The average Bonchev–Trinajstić information content (AvgIpc) is 2.24. The molecule has 0 radical (unpaired) electrons. The molecule has 1 amide bonds. The molecule has 0 aliphatic carbocycles. The molecule has 0 aromatic heterocycles. The lowest BCUT2D eigenvalue weighted by molar-refractivity contribution is -0.134. The van der Waals surface area contributed by atoms with E-state index < -0.39 is 5.54 Å². The van der Waals surface area contributed by atoms with Crippen LogP contribution in [0, 0.1) is 5.92 Å². The monoisotopic (exact) mass is 255 g/mol. The first-order valence-electron chi connectivity index (χ1n) is 7.07. The lowest BCUT2D eigenvalue weighted by Crippen LogP contribution is -2.51. The summed E-state index contributed by atoms with van der Waals surface area (Å²) in [6.07, 6.45) is 1.68. The van der Waals surface area contributed by atoms with E-state index in [1.807, 2.05) is 18.7 Å². The minimum Gasteiger partial charge on any atom is -0.340 e. The van der Waals surface area contributed by atoms with Gasteiger partial charge in [0.1, 0.15) is 0 Å². The van der Waals surface area contributed by atoms with Gasteiger partial charge in [0.15, 0.2) is 0 Å². The minimum atomic E-state index is -0.397. The topological polar surface area (TPSA) is 49.6 Å². The zero-order valence-electron chi connectivity index (χ0n) is 12.4. The zero-order valence-corrected chi connectivity index (χ0v) is 12.4. The number of piperazine rings is 1. The maximum absolute atomic E-state index is 12.0. The fourth-order valence-corrected chi connectivity index (χ4v) is 2.16. The number of nitrogens with two attached hydrogens (primary N) is 1. The Morgan fingerprint density at radius 1 is 1.22 bits per heavy atom. The Hall–Kier alpha value is -0.610. The van der Waals surface area contributed by atoms with E-state index in [-0.39, 0.29) is 5.91 Å². The van der Waals surface area contributed by atoms with Crippen LogP contribution in [0.4, 0.5) is 0 Å². The molecule has 0 spiro atoms. The van der Waals surface area contributed by atoms with Gasteiger partial charge in [0.2, 0.25) is 5.91 Å². The van der Waals surface area contributed by atoms with Gasteiger partial charge in [-0.2, -0.15) is 0 Å². The van der Waals surface area contributed by atoms with Crippen molar-refractivity contribution >= 4 is 5.91 Å². The fourth-order valence-electron chi connectivity index (χ4n) is 2.16. The second kappa shape index (κ2) is 6.53. The maximum atomic E-state index is 12.0. The van der Waals surface area contributed by atoms with Crippen LogP contribution in [0.2, 0.25) is 0 Å². The Morgan fingerprint density at radius 2 is 1.78 bits per heavy atom. The van der Waals surface area contributed by atoms with Gasteiger partial charge in [-0.15, -0.1) is 0 Å². The molecule has 1 heterocycles. The van der Waals surface area contributed by atoms with Gasteiger partial charge in [-0.05, 0) is 32.7 Å². The van der Waals surface area contributed by atoms with E-state index in [1.165, 1.54) is 6.42 Å². The highest BCUT2D eigenvalue weighted by Gasteiger charge is 2.24. The van der Waals surface area contributed by atoms with Crippen LogP contribution in [0.1, 0.15) is 40.5 Å². The summed E-state index contributed by atoms with van der Waals surface area (Å²) in [5, 5.41) is 0. The Kier molecular flexibility index (Phi) is 5.60. The van der Waals surface area contributed by atoms with Crippen molar-refractivity contribution in [3.63, 3.8) is 0 Å². The van der Waals surface area contributed by atoms with Gasteiger partial charge >= 0.3 is 0 Å². The van der Waals surface area contributed by atoms with Crippen LogP contribution < -0.4 is 5.73 Å². The van der Waals surface area contributed by atoms with E-state index in [1.54, 1.807) is 0 Å². The first-order valence-corrected chi connectivity index (χ1v) is 7.07. The second-order valence-electron chi connectivity index (χ2n) is 6.57. The van der Waals surface area contributed by atoms with Crippen molar-refractivity contribution in [1.82, 2.24) is 9.80 Å². The fraction of sp³-hybridized carbons (Fsp3) is 0.929. The summed E-state index contributed by atoms with van der Waals surface area (Å²) in [5.41, 5.74) is 5.50. The summed E-state index contributed by atoms with van der Waals surface area (Å²) < 4.78 is 0. The van der Waals surface area contributed by atoms with Crippen LogP contribution in [0.3, 0.4) is 0 Å². The molecule has 106 valence electrons. The molecule has 18 heavy (non-hydrogen) atoms. The average molecular weight is 255 g/mol. The van der Waals surface area contributed by atoms with Crippen LogP contribution in [-0.2, 0) is 4.79 Å². The summed E-state index contributed by atoms with van der Waals surface area (Å²) in [6.45, 7) is 13.2. The highest BCUT2D eigenvalue weighted by atomic mass is 16.2. The molecule has 1 aliphatic heterocycles. The van der Waals surface area contributed by atoms with Gasteiger partial charge in [0, 0.05) is 38.1 Å². The highest BCUT2D eigenvalue weighted by molar-refractivity contribution is 5.77. The third-order valence-electron chi connectivity index (χ3n) is 3.35. The molecule has 0 bridgehead atoms. The predicted octanol–water partition coefficient (Wildman–Crippen LogP) is 1.30. The van der Waals surface area contributed by atoms with Crippen LogP contribution in [0.15, 0.2) is 0 Å². The van der Waals surface area contributed by atoms with Crippen molar-refractivity contribution < 1.29 is 4.79 Å². The van der Waals surface area contributed by atoms with Crippen LogP contribution in [-0.4, -0.2) is 54.0 Å². The number of nitrogens with zero attached hydrogens (tertiary/aromatic N) is 2. The first kappa shape index (κ1) is 15.4. The summed E-state index contributed by atoms with van der Waals surface area (Å²) in [5.74, 6) is 0.953. The lowest BCUT2D eigenvalue weighted by atomic mass is 10.0. The molecule has 4 nitrogen and oxygen atoms in total. The van der Waals surface area contributed by atoms with E-state index in [9.17, 15) is 4.79 Å². The summed E-state index contributed by atoms with van der Waals surface area (Å²) in [4.78, 5) is 16.4. The van der Waals surface area contributed by atoms with Crippen molar-refractivity contribution in [2.75, 3.05) is 32.7 Å². The largest absolute Gasteiger partial charge is 0.340 e. The van der Waals surface area contributed by atoms with Gasteiger partial charge in [0.25, 0.3) is 0 Å². The molecule has 4 heteroatoms. The number of hydrogen-bond acceptors (Lipinski definition) is 3. The van der Waals surface area contributed by atoms with Crippen LogP contribution >= 0.6 is 0 Å². The second-order valence-corrected chi connectivity index (χ2v) is 6.57. The van der Waals surface area contributed by atoms with Crippen molar-refractivity contribution in [3.05, 3.63) is 0 Å². The lowest BCUT2D eigenvalue weighted by Gasteiger charge is -2.36. The molecule has 2 N–H and O–H groups in total. The third kappa shape index (κ3) is 5.83. The van der Waals surface area contributed by atoms with Crippen molar-refractivity contribution in [2.45, 2.75) is 46.1 Å². The molecular formula is C14H29N3O. The SMILES string of the molecule is CC(C)CCN1CCN(C(=O)CC(C)(C)N)CC1. The Bertz CT molecular complexity index is 263. The van der Waals surface area contributed by atoms with Crippen molar-refractivity contribution in [1.29, 1.82) is 0 Å². The quantitative estimate of drug-likeness (QED) is 0.805. The van der Waals surface area contributed by atoms with E-state index in [0.717, 1.165) is 38.6 Å². The van der Waals surface area contributed by atoms with Crippen LogP contribution in [0.5, 0.6) is 0 Å². The van der Waals surface area contributed by atoms with E-state index in [0.29, 0.717) is 6.42 Å². The predicted molar refractivity (Wildman–Crippen MR) is 75.4 cm³/mol. The number of carbonyl (C=O) groups excluding carboxylic acids is 1. The summed E-state index contributed by atoms with van der Waals surface area (Å²) in [6, 6.07) is 0. The molecule has 1 rings (SSSR count). The smallest absolute Gasteiger partial charge is 0.224 e.